The molecular formula is C19H21FO4S. The molecule has 1 aliphatic rings. The van der Waals surface area contributed by atoms with Crippen LogP contribution in [0.3, 0.4) is 0 Å². The fourth-order valence-corrected chi connectivity index (χ4v) is 3.40. The summed E-state index contributed by atoms with van der Waals surface area (Å²) in [6.45, 7) is 6.92. The Morgan fingerprint density at radius 1 is 1.24 bits per heavy atom. The minimum absolute atomic E-state index is 0.207. The van der Waals surface area contributed by atoms with E-state index in [0.29, 0.717) is 16.7 Å². The molecule has 0 saturated heterocycles. The van der Waals surface area contributed by atoms with Gasteiger partial charge in [0.15, 0.2) is 15.4 Å². The average Bonchev–Trinajstić information content (AvgIpc) is 2.74. The number of hydrogen-bond acceptors (Lipinski definition) is 4. The standard InChI is InChI=1S/C19H21FO4S/c1-6-8-12(7-2)16-17(24-19(3,4)18(16)21)13-9-10-15(14(20)11-13)25(5,22)23/h6-11H,1-5H3/b8-6-,12-7+. The number of ether oxygens (including phenoxy) is 1. The average molecular weight is 364 g/mol. The van der Waals surface area contributed by atoms with Crippen LogP contribution in [0.4, 0.5) is 4.39 Å². The normalized spacial score (nSPS) is 18.2. The summed E-state index contributed by atoms with van der Waals surface area (Å²) in [5.74, 6) is -0.831. The Hall–Kier alpha value is -2.21. The second-order valence-electron chi connectivity index (χ2n) is 6.31. The zero-order valence-electron chi connectivity index (χ0n) is 14.9. The fourth-order valence-electron chi connectivity index (χ4n) is 2.67. The van der Waals surface area contributed by atoms with Crippen molar-refractivity contribution in [2.45, 2.75) is 38.2 Å². The van der Waals surface area contributed by atoms with Crippen molar-refractivity contribution in [1.82, 2.24) is 0 Å². The maximum atomic E-state index is 14.3. The van der Waals surface area contributed by atoms with Crippen LogP contribution in [0.25, 0.3) is 5.76 Å². The Balaban J connectivity index is 2.70. The molecule has 0 spiro atoms. The van der Waals surface area contributed by atoms with Gasteiger partial charge in [-0.25, -0.2) is 12.8 Å². The number of ketones is 1. The van der Waals surface area contributed by atoms with Gasteiger partial charge >= 0.3 is 0 Å². The van der Waals surface area contributed by atoms with E-state index in [1.165, 1.54) is 12.1 Å². The molecule has 0 aromatic heterocycles. The zero-order valence-corrected chi connectivity index (χ0v) is 15.7. The van der Waals surface area contributed by atoms with Crippen LogP contribution in [0, 0.1) is 5.82 Å². The lowest BCUT2D eigenvalue weighted by Gasteiger charge is -2.18. The first-order chi connectivity index (χ1) is 11.5. The van der Waals surface area contributed by atoms with E-state index < -0.39 is 21.3 Å². The SMILES string of the molecule is C/C=C\C(=C/C)C1=C(c2ccc(S(C)(=O)=O)c(F)c2)OC(C)(C)C1=O. The van der Waals surface area contributed by atoms with Gasteiger partial charge in [0.2, 0.25) is 5.78 Å². The Morgan fingerprint density at radius 2 is 1.88 bits per heavy atom. The molecule has 1 aromatic carbocycles. The van der Waals surface area contributed by atoms with Crippen LogP contribution < -0.4 is 0 Å². The molecule has 0 radical (unpaired) electrons. The third kappa shape index (κ3) is 3.58. The highest BCUT2D eigenvalue weighted by atomic mass is 32.2. The maximum Gasteiger partial charge on any atom is 0.210 e. The number of benzene rings is 1. The summed E-state index contributed by atoms with van der Waals surface area (Å²) < 4.78 is 43.3. The van der Waals surface area contributed by atoms with Crippen molar-refractivity contribution in [1.29, 1.82) is 0 Å². The molecule has 0 aliphatic carbocycles. The molecule has 0 unspecified atom stereocenters. The molecule has 134 valence electrons. The molecular weight excluding hydrogens is 343 g/mol. The van der Waals surface area contributed by atoms with Crippen LogP contribution in [0.1, 0.15) is 33.3 Å². The molecule has 1 aliphatic heterocycles. The Morgan fingerprint density at radius 3 is 2.36 bits per heavy atom. The number of sulfone groups is 1. The molecule has 0 N–H and O–H groups in total. The summed E-state index contributed by atoms with van der Waals surface area (Å²) in [4.78, 5) is 12.4. The Bertz CT molecular complexity index is 919. The van der Waals surface area contributed by atoms with Crippen LogP contribution in [-0.4, -0.2) is 26.1 Å². The highest BCUT2D eigenvalue weighted by Crippen LogP contribution is 2.40. The lowest BCUT2D eigenvalue weighted by atomic mass is 9.92. The van der Waals surface area contributed by atoms with Crippen LogP contribution >= 0.6 is 0 Å². The van der Waals surface area contributed by atoms with Crippen molar-refractivity contribution in [3.63, 3.8) is 0 Å². The third-order valence-corrected chi connectivity index (χ3v) is 5.03. The highest BCUT2D eigenvalue weighted by molar-refractivity contribution is 7.90. The van der Waals surface area contributed by atoms with E-state index in [-0.39, 0.29) is 16.4 Å². The number of carbonyl (C=O) groups excluding carboxylic acids is 1. The van der Waals surface area contributed by atoms with E-state index in [1.807, 2.05) is 6.92 Å². The fraction of sp³-hybridized carbons (Fsp3) is 0.316. The molecule has 2 rings (SSSR count). The van der Waals surface area contributed by atoms with Crippen LogP contribution in [-0.2, 0) is 19.4 Å². The third-order valence-electron chi connectivity index (χ3n) is 3.90. The monoisotopic (exact) mass is 364 g/mol. The Labute approximate surface area is 147 Å². The quantitative estimate of drug-likeness (QED) is 0.762. The summed E-state index contributed by atoms with van der Waals surface area (Å²) in [5, 5.41) is 0. The van der Waals surface area contributed by atoms with Gasteiger partial charge in [-0.3, -0.25) is 4.79 Å². The predicted molar refractivity (Wildman–Crippen MR) is 95.2 cm³/mol. The minimum atomic E-state index is -3.67. The second-order valence-corrected chi connectivity index (χ2v) is 8.29. The first-order valence-electron chi connectivity index (χ1n) is 7.80. The highest BCUT2D eigenvalue weighted by Gasteiger charge is 2.43. The first-order valence-corrected chi connectivity index (χ1v) is 9.69. The molecule has 0 amide bonds. The zero-order chi connectivity index (χ0) is 19.0. The van der Waals surface area contributed by atoms with Gasteiger partial charge < -0.3 is 4.74 Å². The summed E-state index contributed by atoms with van der Waals surface area (Å²) in [6.07, 6.45) is 6.29. The predicted octanol–water partition coefficient (Wildman–Crippen LogP) is 3.84. The molecule has 0 bridgehead atoms. The van der Waals surface area contributed by atoms with Crippen LogP contribution in [0.5, 0.6) is 0 Å². The topological polar surface area (TPSA) is 60.4 Å². The van der Waals surface area contributed by atoms with Gasteiger partial charge in [0, 0.05) is 11.8 Å². The summed E-state index contributed by atoms with van der Waals surface area (Å²) in [5.41, 5.74) is 0.271. The van der Waals surface area contributed by atoms with E-state index in [2.05, 4.69) is 0 Å². The molecule has 0 fully saturated rings. The van der Waals surface area contributed by atoms with Gasteiger partial charge in [0.1, 0.15) is 16.5 Å². The van der Waals surface area contributed by atoms with Crippen LogP contribution in [0.2, 0.25) is 0 Å². The lowest BCUT2D eigenvalue weighted by molar-refractivity contribution is -0.126. The first kappa shape index (κ1) is 19.1. The smallest absolute Gasteiger partial charge is 0.210 e. The summed E-state index contributed by atoms with van der Waals surface area (Å²) >= 11 is 0. The van der Waals surface area contributed by atoms with Gasteiger partial charge in [-0.05, 0) is 51.5 Å². The van der Waals surface area contributed by atoms with Crippen molar-refractivity contribution >= 4 is 21.4 Å². The van der Waals surface area contributed by atoms with Gasteiger partial charge in [-0.2, -0.15) is 0 Å². The van der Waals surface area contributed by atoms with Crippen molar-refractivity contribution in [3.05, 3.63) is 59.0 Å². The van der Waals surface area contributed by atoms with Crippen molar-refractivity contribution in [2.24, 2.45) is 0 Å². The maximum absolute atomic E-state index is 14.3. The Kier molecular flexibility index (Phi) is 5.04. The van der Waals surface area contributed by atoms with Gasteiger partial charge in [0.25, 0.3) is 0 Å². The number of halogens is 1. The molecule has 25 heavy (non-hydrogen) atoms. The number of Topliss-reactive ketones (excluding diaryl/α,β-unsaturated/α-hetero) is 1. The lowest BCUT2D eigenvalue weighted by Crippen LogP contribution is -2.29. The number of hydrogen-bond donors (Lipinski definition) is 0. The van der Waals surface area contributed by atoms with Gasteiger partial charge in [0.05, 0.1) is 5.57 Å². The largest absolute Gasteiger partial charge is 0.478 e. The van der Waals surface area contributed by atoms with Gasteiger partial charge in [-0.15, -0.1) is 0 Å². The number of rotatable bonds is 4. The molecule has 6 heteroatoms. The summed E-state index contributed by atoms with van der Waals surface area (Å²) in [7, 11) is -3.67. The van der Waals surface area contributed by atoms with E-state index in [1.54, 1.807) is 39.0 Å². The number of allylic oxidation sites excluding steroid dienone is 4. The molecule has 1 heterocycles. The molecule has 0 saturated carbocycles. The van der Waals surface area contributed by atoms with Gasteiger partial charge in [-0.1, -0.05) is 18.2 Å². The van der Waals surface area contributed by atoms with Crippen molar-refractivity contribution < 1.29 is 22.3 Å². The molecule has 4 nitrogen and oxygen atoms in total. The molecule has 0 atom stereocenters. The van der Waals surface area contributed by atoms with E-state index >= 15 is 0 Å². The van der Waals surface area contributed by atoms with E-state index in [9.17, 15) is 17.6 Å². The number of carbonyl (C=O) groups is 1. The van der Waals surface area contributed by atoms with E-state index in [4.69, 9.17) is 4.74 Å². The van der Waals surface area contributed by atoms with E-state index in [0.717, 1.165) is 12.3 Å². The van der Waals surface area contributed by atoms with Crippen molar-refractivity contribution in [2.75, 3.05) is 6.26 Å². The molecule has 1 aromatic rings. The van der Waals surface area contributed by atoms with Crippen LogP contribution in [0.15, 0.2) is 52.5 Å². The van der Waals surface area contributed by atoms with Crippen molar-refractivity contribution in [3.8, 4) is 0 Å². The minimum Gasteiger partial charge on any atom is -0.478 e. The second kappa shape index (κ2) is 6.59. The summed E-state index contributed by atoms with van der Waals surface area (Å²) in [6, 6.07) is 3.73.